The number of hydrogen-bond acceptors (Lipinski definition) is 5. The maximum Gasteiger partial charge on any atom is 0.305 e. The first-order valence-corrected chi connectivity index (χ1v) is 15.8. The monoisotopic (exact) mass is 632 g/mol. The molecule has 2 heterocycles. The number of aromatic amines is 1. The van der Waals surface area contributed by atoms with Gasteiger partial charge in [-0.25, -0.2) is 4.98 Å². The summed E-state index contributed by atoms with van der Waals surface area (Å²) < 4.78 is 8.16. The zero-order chi connectivity index (χ0) is 33.4. The number of nitrogens with one attached hydrogen (secondary N) is 2. The number of benzene rings is 3. The van der Waals surface area contributed by atoms with Gasteiger partial charge in [-0.05, 0) is 62.7 Å². The molecular weight excluding hydrogens is 589 g/mol. The van der Waals surface area contributed by atoms with Crippen LogP contribution in [0.2, 0.25) is 0 Å². The minimum Gasteiger partial charge on any atom is -0.497 e. The molecule has 46 heavy (non-hydrogen) atoms. The number of allylic oxidation sites excluding steroid dienone is 8. The smallest absolute Gasteiger partial charge is 0.305 e. The molecule has 0 aliphatic heterocycles. The summed E-state index contributed by atoms with van der Waals surface area (Å²) in [5, 5.41) is 3.19. The van der Waals surface area contributed by atoms with Crippen LogP contribution in [0.5, 0.6) is 5.75 Å². The average molecular weight is 633 g/mol. The van der Waals surface area contributed by atoms with E-state index in [0.29, 0.717) is 0 Å². The quantitative estimate of drug-likeness (QED) is 0.151. The lowest BCUT2D eigenvalue weighted by Crippen LogP contribution is -2.37. The molecule has 0 saturated carbocycles. The van der Waals surface area contributed by atoms with Gasteiger partial charge in [-0.15, -0.1) is 0 Å². The van der Waals surface area contributed by atoms with Crippen molar-refractivity contribution in [1.82, 2.24) is 19.9 Å². The molecule has 7 heteroatoms. The molecular formula is C39H44N4O2S. The van der Waals surface area contributed by atoms with Gasteiger partial charge in [0.15, 0.2) is 0 Å². The third-order valence-electron chi connectivity index (χ3n) is 6.91. The van der Waals surface area contributed by atoms with E-state index in [1.54, 1.807) is 13.2 Å². The van der Waals surface area contributed by atoms with Gasteiger partial charge < -0.3 is 19.6 Å². The van der Waals surface area contributed by atoms with Crippen molar-refractivity contribution in [3.8, 4) is 5.75 Å². The van der Waals surface area contributed by atoms with Crippen molar-refractivity contribution < 1.29 is 4.74 Å². The fourth-order valence-electron chi connectivity index (χ4n) is 5.02. The lowest BCUT2D eigenvalue weighted by Gasteiger charge is -2.38. The van der Waals surface area contributed by atoms with Crippen LogP contribution in [-0.4, -0.2) is 28.7 Å². The molecule has 0 spiro atoms. The van der Waals surface area contributed by atoms with Gasteiger partial charge in [0.05, 0.1) is 29.3 Å². The van der Waals surface area contributed by atoms with Gasteiger partial charge in [0, 0.05) is 12.7 Å². The van der Waals surface area contributed by atoms with Crippen molar-refractivity contribution in [2.45, 2.75) is 32.9 Å². The number of nitrogens with zero attached hydrogens (tertiary/aromatic N) is 2. The van der Waals surface area contributed by atoms with Crippen molar-refractivity contribution in [2.24, 2.45) is 0 Å². The molecule has 0 fully saturated rings. The Bertz CT molecular complexity index is 1780. The van der Waals surface area contributed by atoms with E-state index < -0.39 is 5.54 Å². The Balaban J connectivity index is 0.000000261. The molecule has 2 aromatic heterocycles. The lowest BCUT2D eigenvalue weighted by atomic mass is 9.76. The Morgan fingerprint density at radius 1 is 1.00 bits per heavy atom. The Hall–Kier alpha value is -4.98. The molecule has 0 saturated heterocycles. The number of methoxy groups -OCH3 is 1. The summed E-state index contributed by atoms with van der Waals surface area (Å²) in [5.74, 6) is 0.776. The number of aromatic nitrogens is 3. The fourth-order valence-corrected chi connectivity index (χ4v) is 5.78. The standard InChI is InChI=1S/C25H27N3.C8H7NO2S.C6H10/c1-4-12-21(13-5-2)25(22-14-8-6-9-15-22,23-16-10-7-11-17-23)28-19-24(18-26-3)27-20-28;1-11-5-2-3-6-7(4-5)12-8(10)9-6;1-4-5-6(2)3/h4-17,19-20,26H,1,18H2,2-3H3;2-4H,1H3,(H,9,10);4-5H,1H2,2-3H3/b13-5-,21-12+;;. The first-order valence-electron chi connectivity index (χ1n) is 15.0. The molecule has 2 N–H and O–H groups in total. The summed E-state index contributed by atoms with van der Waals surface area (Å²) in [7, 11) is 3.54. The van der Waals surface area contributed by atoms with Crippen molar-refractivity contribution in [2.75, 3.05) is 14.2 Å². The maximum absolute atomic E-state index is 10.9. The Labute approximate surface area is 276 Å². The van der Waals surface area contributed by atoms with Crippen molar-refractivity contribution in [3.05, 3.63) is 179 Å². The fraction of sp³-hybridized carbons (Fsp3) is 0.179. The summed E-state index contributed by atoms with van der Waals surface area (Å²) in [4.78, 5) is 18.2. The SMILES string of the molecule is C=C/C=C(\C=C/C)C(c1ccccc1)(c1ccccc1)n1cnc(CNC)c1.C=CC=C(C)C.COc1ccc2[nH]c(=O)sc2c1. The highest BCUT2D eigenvalue weighted by Crippen LogP contribution is 2.41. The molecule has 6 nitrogen and oxygen atoms in total. The highest BCUT2D eigenvalue weighted by molar-refractivity contribution is 7.16. The topological polar surface area (TPSA) is 71.9 Å². The summed E-state index contributed by atoms with van der Waals surface area (Å²) in [6.07, 6.45) is 16.0. The second-order valence-corrected chi connectivity index (χ2v) is 11.5. The summed E-state index contributed by atoms with van der Waals surface area (Å²) in [5.41, 5.74) is 6.06. The largest absolute Gasteiger partial charge is 0.497 e. The molecule has 238 valence electrons. The van der Waals surface area contributed by atoms with E-state index in [1.165, 1.54) is 28.0 Å². The predicted molar refractivity (Wildman–Crippen MR) is 196 cm³/mol. The van der Waals surface area contributed by atoms with E-state index >= 15 is 0 Å². The average Bonchev–Trinajstić information content (AvgIpc) is 3.69. The van der Waals surface area contributed by atoms with Crippen LogP contribution in [0.15, 0.2) is 157 Å². The van der Waals surface area contributed by atoms with Gasteiger partial charge in [0.2, 0.25) is 0 Å². The Morgan fingerprint density at radius 2 is 1.63 bits per heavy atom. The number of imidazole rings is 1. The predicted octanol–water partition coefficient (Wildman–Crippen LogP) is 8.82. The van der Waals surface area contributed by atoms with Crippen LogP contribution in [0.1, 0.15) is 37.6 Å². The summed E-state index contributed by atoms with van der Waals surface area (Å²) in [6, 6.07) is 26.6. The second kappa shape index (κ2) is 18.1. The van der Waals surface area contributed by atoms with Crippen LogP contribution in [0, 0.1) is 0 Å². The van der Waals surface area contributed by atoms with Crippen molar-refractivity contribution in [3.63, 3.8) is 0 Å². The first kappa shape index (κ1) is 35.5. The van der Waals surface area contributed by atoms with E-state index in [2.05, 4.69) is 106 Å². The van der Waals surface area contributed by atoms with Crippen LogP contribution >= 0.6 is 11.3 Å². The van der Waals surface area contributed by atoms with Crippen molar-refractivity contribution >= 4 is 21.6 Å². The molecule has 0 atom stereocenters. The molecule has 0 aliphatic carbocycles. The van der Waals surface area contributed by atoms with Crippen LogP contribution in [0.3, 0.4) is 0 Å². The van der Waals surface area contributed by atoms with E-state index in [1.807, 2.05) is 76.6 Å². The van der Waals surface area contributed by atoms with Gasteiger partial charge in [-0.3, -0.25) is 4.79 Å². The van der Waals surface area contributed by atoms with Gasteiger partial charge in [0.1, 0.15) is 11.3 Å². The zero-order valence-corrected chi connectivity index (χ0v) is 28.2. The van der Waals surface area contributed by atoms with E-state index in [4.69, 9.17) is 4.74 Å². The normalized spacial score (nSPS) is 11.2. The highest BCUT2D eigenvalue weighted by atomic mass is 32.1. The number of hydrogen-bond donors (Lipinski definition) is 2. The third-order valence-corrected chi connectivity index (χ3v) is 7.75. The van der Waals surface area contributed by atoms with Crippen molar-refractivity contribution in [1.29, 1.82) is 0 Å². The van der Waals surface area contributed by atoms with E-state index in [0.717, 1.165) is 33.8 Å². The van der Waals surface area contributed by atoms with Crippen LogP contribution in [0.4, 0.5) is 0 Å². The lowest BCUT2D eigenvalue weighted by molar-refractivity contribution is 0.415. The van der Waals surface area contributed by atoms with E-state index in [9.17, 15) is 4.79 Å². The molecule has 0 aliphatic rings. The number of fused-ring (bicyclic) bond motifs is 1. The van der Waals surface area contributed by atoms with Gasteiger partial charge in [0.25, 0.3) is 0 Å². The zero-order valence-electron chi connectivity index (χ0n) is 27.4. The van der Waals surface area contributed by atoms with E-state index in [-0.39, 0.29) is 4.87 Å². The highest BCUT2D eigenvalue weighted by Gasteiger charge is 2.39. The number of ether oxygens (including phenoxy) is 1. The van der Waals surface area contributed by atoms with Gasteiger partial charge >= 0.3 is 4.87 Å². The number of rotatable bonds is 10. The summed E-state index contributed by atoms with van der Waals surface area (Å²) in [6.45, 7) is 14.3. The molecule has 5 aromatic rings. The van der Waals surface area contributed by atoms with Gasteiger partial charge in [-0.1, -0.05) is 127 Å². The number of H-pyrrole nitrogens is 1. The molecule has 0 bridgehead atoms. The van der Waals surface area contributed by atoms with Gasteiger partial charge in [-0.2, -0.15) is 0 Å². The molecule has 0 radical (unpaired) electrons. The summed E-state index contributed by atoms with van der Waals surface area (Å²) >= 11 is 1.19. The second-order valence-electron chi connectivity index (χ2n) is 10.5. The minimum absolute atomic E-state index is 0.0294. The molecule has 5 rings (SSSR count). The Kier molecular flexibility index (Phi) is 14.0. The maximum atomic E-state index is 10.9. The molecule has 0 unspecified atom stereocenters. The number of thiazole rings is 1. The van der Waals surface area contributed by atoms with Crippen LogP contribution < -0.4 is 14.9 Å². The van der Waals surface area contributed by atoms with Crippen LogP contribution in [0.25, 0.3) is 10.2 Å². The molecule has 3 aromatic carbocycles. The van der Waals surface area contributed by atoms with Crippen LogP contribution in [-0.2, 0) is 12.1 Å². The Morgan fingerprint density at radius 3 is 2.13 bits per heavy atom. The first-order chi connectivity index (χ1) is 22.3. The molecule has 0 amide bonds. The minimum atomic E-state index is -0.553. The third kappa shape index (κ3) is 9.03.